The van der Waals surface area contributed by atoms with Crippen molar-refractivity contribution in [1.82, 2.24) is 19.9 Å². The third-order valence-corrected chi connectivity index (χ3v) is 6.95. The Labute approximate surface area is 205 Å². The summed E-state index contributed by atoms with van der Waals surface area (Å²) >= 11 is 0. The van der Waals surface area contributed by atoms with Crippen molar-refractivity contribution in [2.45, 2.75) is 44.1 Å². The fourth-order valence-corrected chi connectivity index (χ4v) is 4.67. The van der Waals surface area contributed by atoms with Crippen LogP contribution in [0.2, 0.25) is 0 Å². The maximum atomic E-state index is 12.9. The lowest BCUT2D eigenvalue weighted by molar-refractivity contribution is -0.126. The van der Waals surface area contributed by atoms with E-state index in [1.165, 1.54) is 28.8 Å². The summed E-state index contributed by atoms with van der Waals surface area (Å²) in [6.07, 6.45) is 2.64. The van der Waals surface area contributed by atoms with E-state index < -0.39 is 28.4 Å². The summed E-state index contributed by atoms with van der Waals surface area (Å²) in [5, 5.41) is 5.07. The molecule has 1 fully saturated rings. The number of alkyl carbamates (subject to hydrolysis) is 1. The Morgan fingerprint density at radius 1 is 1.26 bits per heavy atom. The molecule has 1 aromatic rings. The molecule has 1 aliphatic rings. The van der Waals surface area contributed by atoms with Crippen LogP contribution < -0.4 is 21.1 Å². The van der Waals surface area contributed by atoms with E-state index in [9.17, 15) is 22.4 Å². The van der Waals surface area contributed by atoms with E-state index in [-0.39, 0.29) is 55.4 Å². The number of sulfonamides is 1. The predicted molar refractivity (Wildman–Crippen MR) is 127 cm³/mol. The number of pyridine rings is 1. The van der Waals surface area contributed by atoms with E-state index in [0.29, 0.717) is 18.4 Å². The van der Waals surface area contributed by atoms with E-state index in [1.54, 1.807) is 20.8 Å². The molecule has 0 bridgehead atoms. The van der Waals surface area contributed by atoms with Gasteiger partial charge >= 0.3 is 6.09 Å². The number of aromatic nitrogens is 1. The van der Waals surface area contributed by atoms with Gasteiger partial charge < -0.3 is 25.8 Å². The number of amides is 2. The largest absolute Gasteiger partial charge is 0.473 e. The third kappa shape index (κ3) is 8.98. The predicted octanol–water partition coefficient (Wildman–Crippen LogP) is 1.31. The van der Waals surface area contributed by atoms with Gasteiger partial charge in [0.15, 0.2) is 0 Å². The van der Waals surface area contributed by atoms with Crippen LogP contribution in [0.4, 0.5) is 9.18 Å². The van der Waals surface area contributed by atoms with Crippen LogP contribution in [0.5, 0.6) is 5.88 Å². The summed E-state index contributed by atoms with van der Waals surface area (Å²) in [6.45, 7) is 5.09. The zero-order valence-corrected chi connectivity index (χ0v) is 21.1. The second-order valence-electron chi connectivity index (χ2n) is 8.96. The smallest absolute Gasteiger partial charge is 0.407 e. The highest BCUT2D eigenvalue weighted by Crippen LogP contribution is 2.24. The average molecular weight is 516 g/mol. The highest BCUT2D eigenvalue weighted by atomic mass is 32.2. The summed E-state index contributed by atoms with van der Waals surface area (Å²) in [5.41, 5.74) is 5.52. The fraction of sp³-hybridized carbons (Fsp3) is 0.591. The first-order chi connectivity index (χ1) is 16.5. The van der Waals surface area contributed by atoms with Crippen LogP contribution in [-0.4, -0.2) is 74.8 Å². The van der Waals surface area contributed by atoms with Gasteiger partial charge in [-0.25, -0.2) is 22.6 Å². The monoisotopic (exact) mass is 515 g/mol. The van der Waals surface area contributed by atoms with E-state index in [2.05, 4.69) is 15.6 Å². The Balaban J connectivity index is 1.87. The number of carbonyl (C=O) groups is 2. The van der Waals surface area contributed by atoms with Gasteiger partial charge in [-0.1, -0.05) is 0 Å². The standard InChI is InChI=1S/C22H34FN5O6S/c1-22(2,3)34-21(30)27-13-16(12-24)15-33-19-5-4-18(14-26-19)35(31,32)28-10-6-17(7-11-28)20(29)25-9-8-23/h4-5,12,14,17H,6-11,13,15,24H2,1-3H3,(H,25,29)(H,27,30)/b16-12+. The van der Waals surface area contributed by atoms with Gasteiger partial charge in [0, 0.05) is 43.7 Å². The Morgan fingerprint density at radius 2 is 1.94 bits per heavy atom. The van der Waals surface area contributed by atoms with E-state index >= 15 is 0 Å². The zero-order chi connectivity index (χ0) is 26.1. The number of hydrogen-bond donors (Lipinski definition) is 3. The first kappa shape index (κ1) is 28.3. The minimum absolute atomic E-state index is 0.00589. The highest BCUT2D eigenvalue weighted by molar-refractivity contribution is 7.89. The van der Waals surface area contributed by atoms with Gasteiger partial charge in [0.25, 0.3) is 0 Å². The van der Waals surface area contributed by atoms with Crippen LogP contribution in [-0.2, 0) is 19.6 Å². The second kappa shape index (κ2) is 12.7. The van der Waals surface area contributed by atoms with Gasteiger partial charge in [0.2, 0.25) is 21.8 Å². The van der Waals surface area contributed by atoms with Crippen molar-refractivity contribution in [3.05, 3.63) is 30.1 Å². The van der Waals surface area contributed by atoms with E-state index in [4.69, 9.17) is 15.2 Å². The molecule has 0 radical (unpaired) electrons. The molecule has 2 rings (SSSR count). The number of piperidine rings is 1. The summed E-state index contributed by atoms with van der Waals surface area (Å²) in [7, 11) is -3.78. The second-order valence-corrected chi connectivity index (χ2v) is 10.9. The molecule has 11 nitrogen and oxygen atoms in total. The van der Waals surface area contributed by atoms with Crippen LogP contribution >= 0.6 is 0 Å². The average Bonchev–Trinajstić information content (AvgIpc) is 2.82. The van der Waals surface area contributed by atoms with Crippen molar-refractivity contribution < 1.29 is 31.9 Å². The Morgan fingerprint density at radius 3 is 2.49 bits per heavy atom. The van der Waals surface area contributed by atoms with Crippen molar-refractivity contribution in [1.29, 1.82) is 0 Å². The molecule has 196 valence electrons. The lowest BCUT2D eigenvalue weighted by atomic mass is 9.97. The SMILES string of the molecule is CC(C)(C)OC(=O)NC/C(=C\N)COc1ccc(S(=O)(=O)N2CCC(C(=O)NCCF)CC2)cn1. The molecule has 2 amide bonds. The minimum atomic E-state index is -3.78. The van der Waals surface area contributed by atoms with Crippen LogP contribution in [0.25, 0.3) is 0 Å². The number of ether oxygens (including phenoxy) is 2. The molecule has 4 N–H and O–H groups in total. The molecular formula is C22H34FN5O6S. The molecular weight excluding hydrogens is 481 g/mol. The summed E-state index contributed by atoms with van der Waals surface area (Å²) in [6, 6.07) is 2.82. The molecule has 0 atom stereocenters. The molecule has 0 aliphatic carbocycles. The highest BCUT2D eigenvalue weighted by Gasteiger charge is 2.32. The number of hydrogen-bond acceptors (Lipinski definition) is 8. The van der Waals surface area contributed by atoms with Crippen LogP contribution in [0, 0.1) is 5.92 Å². The summed E-state index contributed by atoms with van der Waals surface area (Å²) < 4.78 is 50.1. The zero-order valence-electron chi connectivity index (χ0n) is 20.3. The Bertz CT molecular complexity index is 987. The molecule has 2 heterocycles. The van der Waals surface area contributed by atoms with Gasteiger partial charge in [0.1, 0.15) is 23.8 Å². The van der Waals surface area contributed by atoms with Crippen LogP contribution in [0.15, 0.2) is 35.0 Å². The first-order valence-corrected chi connectivity index (χ1v) is 12.7. The maximum absolute atomic E-state index is 12.9. The lowest BCUT2D eigenvalue weighted by Gasteiger charge is -2.30. The molecule has 0 aromatic carbocycles. The number of halogens is 1. The number of rotatable bonds is 10. The van der Waals surface area contributed by atoms with Crippen molar-refractivity contribution in [3.63, 3.8) is 0 Å². The molecule has 13 heteroatoms. The number of carbonyl (C=O) groups excluding carboxylic acids is 2. The van der Waals surface area contributed by atoms with Gasteiger partial charge in [0.05, 0.1) is 6.20 Å². The van der Waals surface area contributed by atoms with Gasteiger partial charge in [-0.3, -0.25) is 4.79 Å². The van der Waals surface area contributed by atoms with Crippen molar-refractivity contribution in [2.75, 3.05) is 39.5 Å². The van der Waals surface area contributed by atoms with Gasteiger partial charge in [-0.2, -0.15) is 4.31 Å². The summed E-state index contributed by atoms with van der Waals surface area (Å²) in [5.74, 6) is -0.407. The molecule has 1 saturated heterocycles. The van der Waals surface area contributed by atoms with E-state index in [1.807, 2.05) is 0 Å². The van der Waals surface area contributed by atoms with Crippen LogP contribution in [0.1, 0.15) is 33.6 Å². The molecule has 0 saturated carbocycles. The number of nitrogens with two attached hydrogens (primary N) is 1. The minimum Gasteiger partial charge on any atom is -0.473 e. The quantitative estimate of drug-likeness (QED) is 0.422. The molecule has 1 aromatic heterocycles. The molecule has 35 heavy (non-hydrogen) atoms. The van der Waals surface area contributed by atoms with Crippen molar-refractivity contribution in [3.8, 4) is 5.88 Å². The van der Waals surface area contributed by atoms with Crippen molar-refractivity contribution >= 4 is 22.0 Å². The lowest BCUT2D eigenvalue weighted by Crippen LogP contribution is -2.43. The fourth-order valence-electron chi connectivity index (χ4n) is 3.25. The van der Waals surface area contributed by atoms with Gasteiger partial charge in [-0.15, -0.1) is 0 Å². The topological polar surface area (TPSA) is 153 Å². The van der Waals surface area contributed by atoms with Crippen LogP contribution in [0.3, 0.4) is 0 Å². The normalized spacial score (nSPS) is 15.9. The molecule has 0 spiro atoms. The molecule has 1 aliphatic heterocycles. The van der Waals surface area contributed by atoms with Gasteiger partial charge in [-0.05, 0) is 45.9 Å². The summed E-state index contributed by atoms with van der Waals surface area (Å²) in [4.78, 5) is 27.8. The van der Waals surface area contributed by atoms with E-state index in [0.717, 1.165) is 0 Å². The van der Waals surface area contributed by atoms with Crippen molar-refractivity contribution in [2.24, 2.45) is 11.7 Å². The maximum Gasteiger partial charge on any atom is 0.407 e. The number of alkyl halides is 1. The third-order valence-electron chi connectivity index (χ3n) is 5.07. The number of nitrogens with zero attached hydrogens (tertiary/aromatic N) is 2. The number of nitrogens with one attached hydrogen (secondary N) is 2. The Kier molecular flexibility index (Phi) is 10.3. The first-order valence-electron chi connectivity index (χ1n) is 11.3. The molecule has 0 unspecified atom stereocenters. The Hall–Kier alpha value is -2.93.